The molecule has 2 N–H and O–H groups in total. The third-order valence-corrected chi connectivity index (χ3v) is 3.44. The number of nitrogens with two attached hydrogens (primary N) is 1. The van der Waals surface area contributed by atoms with Crippen LogP contribution in [0.4, 0.5) is 5.69 Å². The van der Waals surface area contributed by atoms with Gasteiger partial charge in [0.25, 0.3) is 5.56 Å². The number of anilines is 1. The van der Waals surface area contributed by atoms with Gasteiger partial charge < -0.3 is 10.5 Å². The lowest BCUT2D eigenvalue weighted by molar-refractivity contribution is 0.207. The molecule has 98 valence electrons. The van der Waals surface area contributed by atoms with Crippen molar-refractivity contribution >= 4 is 17.3 Å². The molecule has 1 aliphatic heterocycles. The minimum absolute atomic E-state index is 0.0281. The highest BCUT2D eigenvalue weighted by Gasteiger charge is 2.23. The van der Waals surface area contributed by atoms with Crippen LogP contribution in [-0.4, -0.2) is 15.7 Å². The Bertz CT molecular complexity index is 659. The van der Waals surface area contributed by atoms with Crippen molar-refractivity contribution in [1.29, 1.82) is 0 Å². The fourth-order valence-corrected chi connectivity index (χ4v) is 2.31. The maximum absolute atomic E-state index is 11.9. The summed E-state index contributed by atoms with van der Waals surface area (Å²) in [6.45, 7) is 0.405. The summed E-state index contributed by atoms with van der Waals surface area (Å²) in [4.78, 5) is 15.8. The van der Waals surface area contributed by atoms with Crippen molar-refractivity contribution in [2.75, 3.05) is 5.73 Å². The van der Waals surface area contributed by atoms with Crippen LogP contribution in [0.1, 0.15) is 5.56 Å². The van der Waals surface area contributed by atoms with E-state index in [0.717, 1.165) is 17.7 Å². The number of benzene rings is 1. The highest BCUT2D eigenvalue weighted by atomic mass is 35.5. The van der Waals surface area contributed by atoms with Crippen LogP contribution in [-0.2, 0) is 13.0 Å². The lowest BCUT2D eigenvalue weighted by Crippen LogP contribution is -2.30. The molecule has 2 heterocycles. The Morgan fingerprint density at radius 3 is 3.05 bits per heavy atom. The molecular weight excluding hydrogens is 266 g/mol. The van der Waals surface area contributed by atoms with Gasteiger partial charge in [-0.1, -0.05) is 29.8 Å². The van der Waals surface area contributed by atoms with Gasteiger partial charge in [-0.25, -0.2) is 4.98 Å². The third kappa shape index (κ3) is 2.17. The van der Waals surface area contributed by atoms with Gasteiger partial charge >= 0.3 is 0 Å². The van der Waals surface area contributed by atoms with Crippen molar-refractivity contribution < 1.29 is 4.74 Å². The number of aromatic nitrogens is 2. The molecule has 1 unspecified atom stereocenters. The van der Waals surface area contributed by atoms with Crippen molar-refractivity contribution in [1.82, 2.24) is 9.55 Å². The Balaban J connectivity index is 1.82. The second-order valence-corrected chi connectivity index (χ2v) is 4.82. The van der Waals surface area contributed by atoms with Crippen LogP contribution < -0.4 is 16.0 Å². The fourth-order valence-electron chi connectivity index (χ4n) is 2.19. The molecule has 0 radical (unpaired) electrons. The van der Waals surface area contributed by atoms with Crippen LogP contribution in [0, 0.1) is 0 Å². The lowest BCUT2D eigenvalue weighted by Gasteiger charge is -2.12. The summed E-state index contributed by atoms with van der Waals surface area (Å²) in [7, 11) is 0. The number of hydrogen-bond acceptors (Lipinski definition) is 4. The monoisotopic (exact) mass is 277 g/mol. The summed E-state index contributed by atoms with van der Waals surface area (Å²) < 4.78 is 7.20. The van der Waals surface area contributed by atoms with E-state index in [1.807, 2.05) is 24.3 Å². The molecule has 6 heteroatoms. The highest BCUT2D eigenvalue weighted by Crippen LogP contribution is 2.28. The van der Waals surface area contributed by atoms with E-state index < -0.39 is 0 Å². The maximum Gasteiger partial charge on any atom is 0.278 e. The van der Waals surface area contributed by atoms with Gasteiger partial charge in [-0.05, 0) is 11.6 Å². The first-order chi connectivity index (χ1) is 9.15. The molecule has 0 saturated heterocycles. The zero-order valence-electron chi connectivity index (χ0n) is 10.0. The summed E-state index contributed by atoms with van der Waals surface area (Å²) in [6, 6.07) is 7.84. The molecule has 0 fully saturated rings. The van der Waals surface area contributed by atoms with E-state index in [2.05, 4.69) is 4.98 Å². The topological polar surface area (TPSA) is 70.1 Å². The number of nitrogen functional groups attached to an aromatic ring is 1. The van der Waals surface area contributed by atoms with Crippen molar-refractivity contribution in [3.63, 3.8) is 0 Å². The Morgan fingerprint density at radius 2 is 2.26 bits per heavy atom. The minimum atomic E-state index is -0.334. The van der Waals surface area contributed by atoms with Gasteiger partial charge in [0.1, 0.15) is 17.5 Å². The Labute approximate surface area is 114 Å². The number of ether oxygens (including phenoxy) is 1. The van der Waals surface area contributed by atoms with Gasteiger partial charge in [-0.3, -0.25) is 9.36 Å². The fraction of sp³-hybridized carbons (Fsp3) is 0.231. The van der Waals surface area contributed by atoms with Crippen LogP contribution in [0.2, 0.25) is 5.15 Å². The molecule has 1 atom stereocenters. The largest absolute Gasteiger partial charge is 0.488 e. The average molecular weight is 278 g/mol. The highest BCUT2D eigenvalue weighted by molar-refractivity contribution is 6.31. The number of nitrogens with zero attached hydrogens (tertiary/aromatic N) is 2. The molecule has 1 aliphatic rings. The molecule has 2 aromatic rings. The third-order valence-electron chi connectivity index (χ3n) is 3.14. The second kappa shape index (κ2) is 4.59. The zero-order chi connectivity index (χ0) is 13.4. The van der Waals surface area contributed by atoms with E-state index >= 15 is 0 Å². The van der Waals surface area contributed by atoms with Crippen LogP contribution in [0.15, 0.2) is 35.4 Å². The molecule has 0 amide bonds. The van der Waals surface area contributed by atoms with Crippen molar-refractivity contribution in [3.8, 4) is 5.75 Å². The Hall–Kier alpha value is -2.01. The minimum Gasteiger partial charge on any atom is -0.488 e. The van der Waals surface area contributed by atoms with Gasteiger partial charge in [0.2, 0.25) is 0 Å². The molecular formula is C13H12ClN3O2. The molecule has 19 heavy (non-hydrogen) atoms. The number of hydrogen-bond donors (Lipinski definition) is 1. The molecule has 0 bridgehead atoms. The number of halogens is 1. The van der Waals surface area contributed by atoms with Crippen molar-refractivity contribution in [2.45, 2.75) is 19.1 Å². The second-order valence-electron chi connectivity index (χ2n) is 4.46. The first-order valence-electron chi connectivity index (χ1n) is 5.90. The molecule has 0 saturated carbocycles. The summed E-state index contributed by atoms with van der Waals surface area (Å²) in [6.07, 6.45) is 2.08. The maximum atomic E-state index is 11.9. The van der Waals surface area contributed by atoms with Crippen LogP contribution in [0.5, 0.6) is 5.75 Å². The molecule has 0 spiro atoms. The summed E-state index contributed by atoms with van der Waals surface area (Å²) in [5, 5.41) is 0.0388. The Kier molecular flexibility index (Phi) is 2.91. The quantitative estimate of drug-likeness (QED) is 0.844. The van der Waals surface area contributed by atoms with E-state index in [9.17, 15) is 4.79 Å². The summed E-state index contributed by atoms with van der Waals surface area (Å²) in [5.74, 6) is 0.871. The summed E-state index contributed by atoms with van der Waals surface area (Å²) >= 11 is 5.69. The zero-order valence-corrected chi connectivity index (χ0v) is 10.8. The van der Waals surface area contributed by atoms with Crippen molar-refractivity contribution in [2.24, 2.45) is 0 Å². The van der Waals surface area contributed by atoms with E-state index in [4.69, 9.17) is 22.1 Å². The first kappa shape index (κ1) is 12.0. The predicted octanol–water partition coefficient (Wildman–Crippen LogP) is 1.48. The molecule has 5 nitrogen and oxygen atoms in total. The smallest absolute Gasteiger partial charge is 0.278 e. The normalized spacial score (nSPS) is 17.0. The van der Waals surface area contributed by atoms with E-state index in [1.165, 1.54) is 10.9 Å². The number of rotatable bonds is 2. The van der Waals surface area contributed by atoms with Gasteiger partial charge in [-0.15, -0.1) is 0 Å². The van der Waals surface area contributed by atoms with E-state index in [0.29, 0.717) is 6.54 Å². The van der Waals surface area contributed by atoms with E-state index in [-0.39, 0.29) is 22.5 Å². The van der Waals surface area contributed by atoms with Gasteiger partial charge in [0.05, 0.1) is 12.9 Å². The van der Waals surface area contributed by atoms with Crippen molar-refractivity contribution in [3.05, 3.63) is 51.7 Å². The number of para-hydroxylation sites is 1. The number of fused-ring (bicyclic) bond motifs is 1. The molecule has 0 aliphatic carbocycles. The van der Waals surface area contributed by atoms with Gasteiger partial charge in [-0.2, -0.15) is 0 Å². The van der Waals surface area contributed by atoms with E-state index in [1.54, 1.807) is 0 Å². The predicted molar refractivity (Wildman–Crippen MR) is 72.5 cm³/mol. The molecule has 1 aromatic carbocycles. The standard InChI is InChI=1S/C13H12ClN3O2/c14-12-11(15)13(18)17(7-16-12)6-9-5-8-3-1-2-4-10(8)19-9/h1-4,7,9H,5-6,15H2. The Morgan fingerprint density at radius 1 is 1.47 bits per heavy atom. The average Bonchev–Trinajstić information content (AvgIpc) is 2.82. The SMILES string of the molecule is Nc1c(Cl)ncn(CC2Cc3ccccc3O2)c1=O. The van der Waals surface area contributed by atoms with Crippen LogP contribution in [0.3, 0.4) is 0 Å². The van der Waals surface area contributed by atoms with Gasteiger partial charge in [0, 0.05) is 6.42 Å². The van der Waals surface area contributed by atoms with Gasteiger partial charge in [0.15, 0.2) is 5.15 Å². The molecule has 3 rings (SSSR count). The first-order valence-corrected chi connectivity index (χ1v) is 6.28. The lowest BCUT2D eigenvalue weighted by atomic mass is 10.1. The summed E-state index contributed by atoms with van der Waals surface area (Å²) in [5.41, 5.74) is 6.36. The van der Waals surface area contributed by atoms with Crippen LogP contribution in [0.25, 0.3) is 0 Å². The molecule has 1 aromatic heterocycles. The van der Waals surface area contributed by atoms with Crippen LogP contribution >= 0.6 is 11.6 Å².